The maximum Gasteiger partial charge on any atom is 0.341 e. The summed E-state index contributed by atoms with van der Waals surface area (Å²) < 4.78 is 10.4. The number of amides is 1. The summed E-state index contributed by atoms with van der Waals surface area (Å²) in [4.78, 5) is 24.1. The van der Waals surface area contributed by atoms with Crippen molar-refractivity contribution in [1.29, 1.82) is 0 Å². The van der Waals surface area contributed by atoms with Crippen LogP contribution in [-0.2, 0) is 11.3 Å². The first-order chi connectivity index (χ1) is 10.5. The van der Waals surface area contributed by atoms with E-state index in [0.717, 1.165) is 5.56 Å². The summed E-state index contributed by atoms with van der Waals surface area (Å²) in [5.41, 5.74) is 0.904. The molecule has 116 valence electrons. The minimum atomic E-state index is -1.02. The Balaban J connectivity index is 1.95. The van der Waals surface area contributed by atoms with E-state index in [2.05, 4.69) is 0 Å². The second-order valence-electron chi connectivity index (χ2n) is 4.90. The van der Waals surface area contributed by atoms with E-state index < -0.39 is 5.97 Å². The first-order valence-corrected chi connectivity index (χ1v) is 6.71. The van der Waals surface area contributed by atoms with Crippen molar-refractivity contribution in [3.05, 3.63) is 53.5 Å². The van der Waals surface area contributed by atoms with Crippen LogP contribution >= 0.6 is 0 Å². The Labute approximate surface area is 127 Å². The predicted molar refractivity (Wildman–Crippen MR) is 78.8 cm³/mol. The molecular formula is C16H17NO5. The van der Waals surface area contributed by atoms with E-state index in [1.165, 1.54) is 0 Å². The number of benzene rings is 1. The average Bonchev–Trinajstić information content (AvgIpc) is 2.92. The molecule has 1 aromatic heterocycles. The van der Waals surface area contributed by atoms with Gasteiger partial charge in [-0.25, -0.2) is 4.79 Å². The quantitative estimate of drug-likeness (QED) is 0.886. The lowest BCUT2D eigenvalue weighted by atomic mass is 10.2. The number of carboxylic acids is 1. The minimum Gasteiger partial charge on any atom is -0.482 e. The van der Waals surface area contributed by atoms with Gasteiger partial charge in [-0.2, -0.15) is 0 Å². The van der Waals surface area contributed by atoms with Crippen LogP contribution in [0, 0.1) is 6.92 Å². The van der Waals surface area contributed by atoms with Crippen LogP contribution in [0.25, 0.3) is 0 Å². The smallest absolute Gasteiger partial charge is 0.341 e. The van der Waals surface area contributed by atoms with E-state index in [9.17, 15) is 9.59 Å². The second kappa shape index (κ2) is 6.80. The number of aryl methyl sites for hydroxylation is 1. The first kappa shape index (κ1) is 15.6. The highest BCUT2D eigenvalue weighted by molar-refractivity contribution is 5.91. The number of nitrogens with zero attached hydrogens (tertiary/aromatic N) is 1. The molecule has 1 N–H and O–H groups in total. The number of carbonyl (C=O) groups is 2. The van der Waals surface area contributed by atoms with Gasteiger partial charge in [0.05, 0.1) is 0 Å². The third kappa shape index (κ3) is 4.12. The van der Waals surface area contributed by atoms with Gasteiger partial charge in [-0.15, -0.1) is 0 Å². The van der Waals surface area contributed by atoms with Crippen LogP contribution in [0.15, 0.2) is 40.8 Å². The van der Waals surface area contributed by atoms with Gasteiger partial charge in [-0.3, -0.25) is 4.79 Å². The summed E-state index contributed by atoms with van der Waals surface area (Å²) in [5.74, 6) is 0.252. The summed E-state index contributed by atoms with van der Waals surface area (Å²) in [6.07, 6.45) is 0. The molecule has 0 unspecified atom stereocenters. The Morgan fingerprint density at radius 1 is 1.18 bits per heavy atom. The molecule has 0 aliphatic rings. The van der Waals surface area contributed by atoms with Gasteiger partial charge in [-0.05, 0) is 36.8 Å². The van der Waals surface area contributed by atoms with Crippen molar-refractivity contribution in [3.8, 4) is 5.75 Å². The molecule has 0 aliphatic carbocycles. The fourth-order valence-corrected chi connectivity index (χ4v) is 1.92. The number of hydrogen-bond acceptors (Lipinski definition) is 4. The zero-order valence-electron chi connectivity index (χ0n) is 12.4. The van der Waals surface area contributed by atoms with Gasteiger partial charge in [0.1, 0.15) is 11.5 Å². The van der Waals surface area contributed by atoms with Gasteiger partial charge >= 0.3 is 5.97 Å². The highest BCUT2D eigenvalue weighted by Gasteiger charge is 2.15. The van der Waals surface area contributed by atoms with Crippen LogP contribution < -0.4 is 4.74 Å². The summed E-state index contributed by atoms with van der Waals surface area (Å²) in [6, 6.07) is 10.3. The Bertz CT molecular complexity index is 659. The standard InChI is InChI=1S/C16H17NO5/c1-11-3-8-14(22-11)16(20)17(2)9-12-4-6-13(7-5-12)21-10-15(18)19/h3-8H,9-10H2,1-2H3,(H,18,19). The molecule has 2 rings (SSSR count). The predicted octanol–water partition coefficient (Wildman–Crippen LogP) is 2.32. The molecule has 0 bridgehead atoms. The second-order valence-corrected chi connectivity index (χ2v) is 4.90. The fraction of sp³-hybridized carbons (Fsp3) is 0.250. The van der Waals surface area contributed by atoms with Crippen LogP contribution in [0.1, 0.15) is 21.9 Å². The highest BCUT2D eigenvalue weighted by Crippen LogP contribution is 2.15. The molecule has 0 saturated heterocycles. The van der Waals surface area contributed by atoms with Gasteiger partial charge in [0, 0.05) is 13.6 Å². The molecule has 0 radical (unpaired) electrons. The molecule has 1 aromatic carbocycles. The van der Waals surface area contributed by atoms with Gasteiger partial charge in [-0.1, -0.05) is 12.1 Å². The van der Waals surface area contributed by atoms with E-state index in [1.54, 1.807) is 55.3 Å². The normalized spacial score (nSPS) is 10.3. The van der Waals surface area contributed by atoms with Gasteiger partial charge < -0.3 is 19.2 Å². The molecule has 0 spiro atoms. The van der Waals surface area contributed by atoms with Gasteiger partial charge in [0.2, 0.25) is 0 Å². The summed E-state index contributed by atoms with van der Waals surface area (Å²) in [6.45, 7) is 1.82. The molecule has 1 amide bonds. The highest BCUT2D eigenvalue weighted by atomic mass is 16.5. The van der Waals surface area contributed by atoms with Crippen molar-refractivity contribution in [2.45, 2.75) is 13.5 Å². The Morgan fingerprint density at radius 2 is 1.86 bits per heavy atom. The number of furan rings is 1. The lowest BCUT2D eigenvalue weighted by molar-refractivity contribution is -0.139. The lowest BCUT2D eigenvalue weighted by Crippen LogP contribution is -2.25. The molecule has 6 heteroatoms. The number of hydrogen-bond donors (Lipinski definition) is 1. The van der Waals surface area contributed by atoms with Crippen LogP contribution in [0.3, 0.4) is 0 Å². The van der Waals surface area contributed by atoms with E-state index in [-0.39, 0.29) is 12.5 Å². The maximum absolute atomic E-state index is 12.1. The zero-order chi connectivity index (χ0) is 16.1. The van der Waals surface area contributed by atoms with Crippen molar-refractivity contribution in [2.24, 2.45) is 0 Å². The molecule has 1 heterocycles. The van der Waals surface area contributed by atoms with Crippen LogP contribution in [0.5, 0.6) is 5.75 Å². The van der Waals surface area contributed by atoms with Crippen molar-refractivity contribution in [1.82, 2.24) is 4.90 Å². The number of aliphatic carboxylic acids is 1. The summed E-state index contributed by atoms with van der Waals surface area (Å²) >= 11 is 0. The molecule has 22 heavy (non-hydrogen) atoms. The summed E-state index contributed by atoms with van der Waals surface area (Å²) in [7, 11) is 1.69. The molecule has 2 aromatic rings. The number of ether oxygens (including phenoxy) is 1. The monoisotopic (exact) mass is 303 g/mol. The zero-order valence-corrected chi connectivity index (χ0v) is 12.4. The third-order valence-electron chi connectivity index (χ3n) is 3.00. The van der Waals surface area contributed by atoms with E-state index in [0.29, 0.717) is 23.8 Å². The van der Waals surface area contributed by atoms with Crippen molar-refractivity contribution < 1.29 is 23.8 Å². The van der Waals surface area contributed by atoms with Crippen LogP contribution in [0.4, 0.5) is 0 Å². The topological polar surface area (TPSA) is 80.0 Å². The third-order valence-corrected chi connectivity index (χ3v) is 3.00. The minimum absolute atomic E-state index is 0.195. The van der Waals surface area contributed by atoms with E-state index >= 15 is 0 Å². The lowest BCUT2D eigenvalue weighted by Gasteiger charge is -2.16. The van der Waals surface area contributed by atoms with Crippen molar-refractivity contribution in [3.63, 3.8) is 0 Å². The van der Waals surface area contributed by atoms with E-state index in [4.69, 9.17) is 14.3 Å². The molecule has 0 saturated carbocycles. The number of rotatable bonds is 6. The average molecular weight is 303 g/mol. The molecule has 6 nitrogen and oxygen atoms in total. The number of carboxylic acid groups (broad SMARTS) is 1. The molecule has 0 fully saturated rings. The fourth-order valence-electron chi connectivity index (χ4n) is 1.92. The van der Waals surface area contributed by atoms with E-state index in [1.807, 2.05) is 0 Å². The summed E-state index contributed by atoms with van der Waals surface area (Å²) in [5, 5.41) is 8.54. The van der Waals surface area contributed by atoms with Gasteiger partial charge in [0.25, 0.3) is 5.91 Å². The Hall–Kier alpha value is -2.76. The van der Waals surface area contributed by atoms with Gasteiger partial charge in [0.15, 0.2) is 12.4 Å². The van der Waals surface area contributed by atoms with Crippen molar-refractivity contribution in [2.75, 3.05) is 13.7 Å². The maximum atomic E-state index is 12.1. The Morgan fingerprint density at radius 3 is 2.41 bits per heavy atom. The molecule has 0 aliphatic heterocycles. The Kier molecular flexibility index (Phi) is 4.83. The molecular weight excluding hydrogens is 286 g/mol. The van der Waals surface area contributed by atoms with Crippen LogP contribution in [-0.4, -0.2) is 35.5 Å². The van der Waals surface area contributed by atoms with Crippen LogP contribution in [0.2, 0.25) is 0 Å². The molecule has 0 atom stereocenters. The largest absolute Gasteiger partial charge is 0.482 e. The number of carbonyl (C=O) groups excluding carboxylic acids is 1. The SMILES string of the molecule is Cc1ccc(C(=O)N(C)Cc2ccc(OCC(=O)O)cc2)o1. The van der Waals surface area contributed by atoms with Crippen molar-refractivity contribution >= 4 is 11.9 Å². The first-order valence-electron chi connectivity index (χ1n) is 6.71.